The number of piperidine rings is 1. The second kappa shape index (κ2) is 9.35. The number of hydrogen-bond acceptors (Lipinski definition) is 6. The summed E-state index contributed by atoms with van der Waals surface area (Å²) in [6.07, 6.45) is 4.01. The number of H-pyrrole nitrogens is 1. The van der Waals surface area contributed by atoms with Gasteiger partial charge in [-0.1, -0.05) is 17.7 Å². The Balaban J connectivity index is 1.48. The van der Waals surface area contributed by atoms with Gasteiger partial charge in [-0.2, -0.15) is 0 Å². The largest absolute Gasteiger partial charge is 0.486 e. The molecule has 3 N–H and O–H groups in total. The van der Waals surface area contributed by atoms with Gasteiger partial charge in [0.05, 0.1) is 11.1 Å². The average molecular weight is 414 g/mol. The van der Waals surface area contributed by atoms with Crippen LogP contribution in [0.1, 0.15) is 24.4 Å². The fourth-order valence-electron chi connectivity index (χ4n) is 3.55. The first-order valence-corrected chi connectivity index (χ1v) is 10.2. The van der Waals surface area contributed by atoms with Crippen LogP contribution in [0.5, 0.6) is 5.75 Å². The van der Waals surface area contributed by atoms with Crippen LogP contribution in [0, 0.1) is 5.92 Å². The second-order valence-corrected chi connectivity index (χ2v) is 7.67. The predicted molar refractivity (Wildman–Crippen MR) is 113 cm³/mol. The molecule has 1 fully saturated rings. The van der Waals surface area contributed by atoms with Crippen LogP contribution in [0.4, 0.5) is 0 Å². The third-order valence-corrected chi connectivity index (χ3v) is 5.34. The standard InChI is InChI=1S/C21H24ClN5O2/c22-15-2-1-3-16(10-15)29-13-19-26-20-17(21(28)27-19)6-9-25-18(20)12-24-11-14-4-7-23-8-5-14/h1-3,6,9-10,14,23-24H,4-5,7-8,11-13H2,(H,26,27,28). The van der Waals surface area contributed by atoms with Crippen LogP contribution in [0.2, 0.25) is 5.02 Å². The fraction of sp³-hybridized carbons (Fsp3) is 0.381. The minimum Gasteiger partial charge on any atom is -0.486 e. The number of nitrogens with zero attached hydrogens (tertiary/aromatic N) is 2. The number of benzene rings is 1. The van der Waals surface area contributed by atoms with E-state index in [1.165, 1.54) is 12.8 Å². The lowest BCUT2D eigenvalue weighted by molar-refractivity contribution is 0.296. The lowest BCUT2D eigenvalue weighted by Gasteiger charge is -2.22. The van der Waals surface area contributed by atoms with E-state index in [9.17, 15) is 4.79 Å². The molecule has 1 saturated heterocycles. The third-order valence-electron chi connectivity index (χ3n) is 5.11. The molecule has 3 heterocycles. The maximum Gasteiger partial charge on any atom is 0.258 e. The molecule has 7 nitrogen and oxygen atoms in total. The lowest BCUT2D eigenvalue weighted by Crippen LogP contribution is -2.33. The van der Waals surface area contributed by atoms with Crippen molar-refractivity contribution in [1.29, 1.82) is 0 Å². The molecule has 0 atom stereocenters. The van der Waals surface area contributed by atoms with Crippen molar-refractivity contribution in [3.05, 3.63) is 63.4 Å². The van der Waals surface area contributed by atoms with Crippen LogP contribution < -0.4 is 20.9 Å². The molecule has 0 saturated carbocycles. The lowest BCUT2D eigenvalue weighted by atomic mass is 9.98. The molecule has 0 spiro atoms. The Labute approximate surface area is 173 Å². The van der Waals surface area contributed by atoms with E-state index in [1.54, 1.807) is 24.4 Å². The minimum absolute atomic E-state index is 0.141. The van der Waals surface area contributed by atoms with E-state index >= 15 is 0 Å². The van der Waals surface area contributed by atoms with Crippen LogP contribution in [0.3, 0.4) is 0 Å². The Kier molecular flexibility index (Phi) is 6.39. The Morgan fingerprint density at radius 3 is 2.93 bits per heavy atom. The van der Waals surface area contributed by atoms with E-state index in [0.29, 0.717) is 40.0 Å². The van der Waals surface area contributed by atoms with Crippen molar-refractivity contribution in [2.24, 2.45) is 5.92 Å². The van der Waals surface area contributed by atoms with Crippen LogP contribution in [0.25, 0.3) is 10.9 Å². The summed E-state index contributed by atoms with van der Waals surface area (Å²) < 4.78 is 5.72. The Morgan fingerprint density at radius 2 is 2.10 bits per heavy atom. The molecule has 0 unspecified atom stereocenters. The van der Waals surface area contributed by atoms with E-state index in [1.807, 2.05) is 12.1 Å². The molecule has 1 aliphatic rings. The van der Waals surface area contributed by atoms with E-state index in [2.05, 4.69) is 25.6 Å². The first-order chi connectivity index (χ1) is 14.2. The molecule has 152 valence electrons. The topological polar surface area (TPSA) is 91.9 Å². The van der Waals surface area contributed by atoms with Gasteiger partial charge in [0.2, 0.25) is 0 Å². The van der Waals surface area contributed by atoms with Crippen LogP contribution >= 0.6 is 11.6 Å². The number of nitrogens with one attached hydrogen (secondary N) is 3. The highest BCUT2D eigenvalue weighted by molar-refractivity contribution is 6.30. The molecule has 2 aromatic heterocycles. The zero-order valence-corrected chi connectivity index (χ0v) is 16.8. The molecular formula is C21H24ClN5O2. The molecule has 0 amide bonds. The molecule has 4 rings (SSSR count). The summed E-state index contributed by atoms with van der Waals surface area (Å²) in [5, 5.41) is 7.98. The van der Waals surface area contributed by atoms with Crippen LogP contribution in [-0.4, -0.2) is 34.6 Å². The van der Waals surface area contributed by atoms with E-state index in [-0.39, 0.29) is 12.2 Å². The van der Waals surface area contributed by atoms with E-state index in [4.69, 9.17) is 16.3 Å². The van der Waals surface area contributed by atoms with Gasteiger partial charge in [-0.25, -0.2) is 4.98 Å². The normalized spacial score (nSPS) is 14.9. The minimum atomic E-state index is -0.193. The third kappa shape index (κ3) is 5.12. The van der Waals surface area contributed by atoms with Gasteiger partial charge < -0.3 is 20.4 Å². The number of rotatable bonds is 7. The fourth-order valence-corrected chi connectivity index (χ4v) is 3.73. The van der Waals surface area contributed by atoms with Gasteiger partial charge in [0, 0.05) is 17.8 Å². The summed E-state index contributed by atoms with van der Waals surface area (Å²) in [5.74, 6) is 1.75. The smallest absolute Gasteiger partial charge is 0.258 e. The number of pyridine rings is 1. The molecule has 3 aromatic rings. The molecule has 0 bridgehead atoms. The van der Waals surface area contributed by atoms with Crippen molar-refractivity contribution in [1.82, 2.24) is 25.6 Å². The summed E-state index contributed by atoms with van der Waals surface area (Å²) in [7, 11) is 0. The number of aromatic amines is 1. The van der Waals surface area contributed by atoms with Crippen LogP contribution in [-0.2, 0) is 13.2 Å². The molecular weight excluding hydrogens is 390 g/mol. The quantitative estimate of drug-likeness (QED) is 0.551. The zero-order chi connectivity index (χ0) is 20.1. The highest BCUT2D eigenvalue weighted by atomic mass is 35.5. The molecule has 8 heteroatoms. The van der Waals surface area contributed by atoms with Gasteiger partial charge in [-0.15, -0.1) is 0 Å². The Bertz CT molecular complexity index is 1030. The molecule has 0 radical (unpaired) electrons. The summed E-state index contributed by atoms with van der Waals surface area (Å²) in [5.41, 5.74) is 1.19. The molecule has 0 aliphatic carbocycles. The highest BCUT2D eigenvalue weighted by Gasteiger charge is 2.14. The number of hydrogen-bond donors (Lipinski definition) is 3. The van der Waals surface area contributed by atoms with Crippen LogP contribution in [0.15, 0.2) is 41.3 Å². The van der Waals surface area contributed by atoms with Gasteiger partial charge in [0.15, 0.2) is 0 Å². The van der Waals surface area contributed by atoms with Gasteiger partial charge in [-0.05, 0) is 62.7 Å². The number of fused-ring (bicyclic) bond motifs is 1. The maximum absolute atomic E-state index is 12.5. The number of ether oxygens (including phenoxy) is 1. The summed E-state index contributed by atoms with van der Waals surface area (Å²) in [6.45, 7) is 3.81. The zero-order valence-electron chi connectivity index (χ0n) is 16.1. The summed E-state index contributed by atoms with van der Waals surface area (Å²) >= 11 is 5.98. The first-order valence-electron chi connectivity index (χ1n) is 9.85. The first kappa shape index (κ1) is 19.8. The predicted octanol–water partition coefficient (Wildman–Crippen LogP) is 2.64. The average Bonchev–Trinajstić information content (AvgIpc) is 2.74. The van der Waals surface area contributed by atoms with Crippen molar-refractivity contribution in [3.8, 4) is 5.75 Å². The van der Waals surface area contributed by atoms with E-state index < -0.39 is 0 Å². The monoisotopic (exact) mass is 413 g/mol. The Hall–Kier alpha value is -2.48. The van der Waals surface area contributed by atoms with Gasteiger partial charge in [0.25, 0.3) is 5.56 Å². The van der Waals surface area contributed by atoms with Crippen molar-refractivity contribution < 1.29 is 4.74 Å². The summed E-state index contributed by atoms with van der Waals surface area (Å²) in [4.78, 5) is 24.4. The van der Waals surface area contributed by atoms with Crippen molar-refractivity contribution in [3.63, 3.8) is 0 Å². The second-order valence-electron chi connectivity index (χ2n) is 7.24. The van der Waals surface area contributed by atoms with Crippen molar-refractivity contribution >= 4 is 22.5 Å². The maximum atomic E-state index is 12.5. The van der Waals surface area contributed by atoms with Gasteiger partial charge in [0.1, 0.15) is 23.7 Å². The van der Waals surface area contributed by atoms with E-state index in [0.717, 1.165) is 25.3 Å². The van der Waals surface area contributed by atoms with Crippen molar-refractivity contribution in [2.45, 2.75) is 26.0 Å². The van der Waals surface area contributed by atoms with Gasteiger partial charge in [-0.3, -0.25) is 9.78 Å². The molecule has 29 heavy (non-hydrogen) atoms. The van der Waals surface area contributed by atoms with Crippen molar-refractivity contribution in [2.75, 3.05) is 19.6 Å². The van der Waals surface area contributed by atoms with Gasteiger partial charge >= 0.3 is 0 Å². The molecule has 1 aromatic carbocycles. The summed E-state index contributed by atoms with van der Waals surface area (Å²) in [6, 6.07) is 8.81. The number of halogens is 1. The highest BCUT2D eigenvalue weighted by Crippen LogP contribution is 2.18. The number of aromatic nitrogens is 3. The SMILES string of the molecule is O=c1[nH]c(COc2cccc(Cl)c2)nc2c(CNCC3CCNCC3)nccc12. The Morgan fingerprint density at radius 1 is 1.24 bits per heavy atom. The molecule has 1 aliphatic heterocycles.